The summed E-state index contributed by atoms with van der Waals surface area (Å²) in [6.45, 7) is 4.20. The molecule has 0 fully saturated rings. The van der Waals surface area contributed by atoms with Gasteiger partial charge in [0.05, 0.1) is 18.0 Å². The largest absolute Gasteiger partial charge is 0.344 e. The van der Waals surface area contributed by atoms with Crippen LogP contribution >= 0.6 is 11.3 Å². The maximum absolute atomic E-state index is 12.7. The van der Waals surface area contributed by atoms with Crippen LogP contribution < -0.4 is 5.32 Å². The Balaban J connectivity index is 2.25. The van der Waals surface area contributed by atoms with Crippen molar-refractivity contribution in [2.75, 3.05) is 14.2 Å². The topological polar surface area (TPSA) is 75.7 Å². The summed E-state index contributed by atoms with van der Waals surface area (Å²) in [6.07, 6.45) is 0.802. The molecule has 0 saturated carbocycles. The Morgan fingerprint density at radius 1 is 1.27 bits per heavy atom. The van der Waals surface area contributed by atoms with Gasteiger partial charge in [-0.15, -0.1) is 11.3 Å². The molecule has 1 unspecified atom stereocenters. The second-order valence-electron chi connectivity index (χ2n) is 6.30. The number of hydrogen-bond acceptors (Lipinski definition) is 5. The minimum Gasteiger partial charge on any atom is -0.344 e. The van der Waals surface area contributed by atoms with Crippen molar-refractivity contribution in [2.24, 2.45) is 5.92 Å². The number of rotatable bonds is 8. The van der Waals surface area contributed by atoms with E-state index >= 15 is 0 Å². The average molecular weight is 397 g/mol. The van der Waals surface area contributed by atoms with E-state index < -0.39 is 10.0 Å². The van der Waals surface area contributed by atoms with Crippen molar-refractivity contribution in [1.82, 2.24) is 9.79 Å². The van der Waals surface area contributed by atoms with Crippen molar-refractivity contribution in [3.8, 4) is 0 Å². The monoisotopic (exact) mass is 396 g/mol. The molecule has 0 aliphatic heterocycles. The van der Waals surface area contributed by atoms with Crippen molar-refractivity contribution in [3.63, 3.8) is 0 Å². The fraction of sp³-hybridized carbons (Fsp3) is 0.389. The van der Waals surface area contributed by atoms with E-state index in [4.69, 9.17) is 4.84 Å². The number of nitrogens with one attached hydrogen (secondary N) is 1. The predicted octanol–water partition coefficient (Wildman–Crippen LogP) is 3.45. The number of thiophene rings is 1. The van der Waals surface area contributed by atoms with Gasteiger partial charge in [0.1, 0.15) is 0 Å². The number of hydrogen-bond donors (Lipinski definition) is 1. The highest BCUT2D eigenvalue weighted by molar-refractivity contribution is 7.89. The molecule has 0 aliphatic carbocycles. The van der Waals surface area contributed by atoms with Gasteiger partial charge >= 0.3 is 0 Å². The summed E-state index contributed by atoms with van der Waals surface area (Å²) in [7, 11) is -1.23. The summed E-state index contributed by atoms with van der Waals surface area (Å²) in [5.41, 5.74) is 0.292. The van der Waals surface area contributed by atoms with Gasteiger partial charge in [0.2, 0.25) is 0 Å². The Morgan fingerprint density at radius 3 is 2.58 bits per heavy atom. The Hall–Kier alpha value is -1.74. The number of carbonyl (C=O) groups excluding carboxylic acids is 1. The van der Waals surface area contributed by atoms with Gasteiger partial charge < -0.3 is 5.32 Å². The first-order chi connectivity index (χ1) is 12.3. The van der Waals surface area contributed by atoms with Crippen LogP contribution in [0, 0.1) is 5.92 Å². The number of benzene rings is 1. The number of sulfonamides is 1. The Labute approximate surface area is 158 Å². The van der Waals surface area contributed by atoms with Gasteiger partial charge in [-0.25, -0.2) is 8.42 Å². The van der Waals surface area contributed by atoms with Crippen molar-refractivity contribution in [3.05, 3.63) is 52.2 Å². The van der Waals surface area contributed by atoms with Gasteiger partial charge in [-0.05, 0) is 42.0 Å². The van der Waals surface area contributed by atoms with Gasteiger partial charge in [0, 0.05) is 17.5 Å². The average Bonchev–Trinajstić information content (AvgIpc) is 3.14. The van der Waals surface area contributed by atoms with Crippen LogP contribution in [0.5, 0.6) is 0 Å². The Bertz CT molecular complexity index is 833. The molecule has 2 rings (SSSR count). The van der Waals surface area contributed by atoms with Crippen LogP contribution in [0.4, 0.5) is 0 Å². The summed E-state index contributed by atoms with van der Waals surface area (Å²) in [5, 5.41) is 5.00. The SMILES string of the molecule is CON(C)S(=O)(=O)c1cccc(C(=O)NC(CC(C)C)c2cccs2)c1. The van der Waals surface area contributed by atoms with Gasteiger partial charge in [-0.1, -0.05) is 30.4 Å². The van der Waals surface area contributed by atoms with E-state index in [1.807, 2.05) is 17.5 Å². The minimum absolute atomic E-state index is 0.00559. The third kappa shape index (κ3) is 4.91. The first-order valence-corrected chi connectivity index (χ1v) is 10.5. The zero-order valence-corrected chi connectivity index (χ0v) is 16.9. The van der Waals surface area contributed by atoms with Crippen LogP contribution in [0.3, 0.4) is 0 Å². The molecule has 0 spiro atoms. The molecular formula is C18H24N2O4S2. The van der Waals surface area contributed by atoms with E-state index in [1.54, 1.807) is 23.5 Å². The zero-order valence-electron chi connectivity index (χ0n) is 15.3. The van der Waals surface area contributed by atoms with E-state index in [1.165, 1.54) is 26.3 Å². The Kier molecular flexibility index (Phi) is 6.94. The van der Waals surface area contributed by atoms with Crippen molar-refractivity contribution >= 4 is 27.3 Å². The van der Waals surface area contributed by atoms with Crippen LogP contribution in [0.2, 0.25) is 0 Å². The highest BCUT2D eigenvalue weighted by Gasteiger charge is 2.23. The van der Waals surface area contributed by atoms with E-state index in [-0.39, 0.29) is 16.8 Å². The first kappa shape index (κ1) is 20.6. The predicted molar refractivity (Wildman–Crippen MR) is 102 cm³/mol. The van der Waals surface area contributed by atoms with E-state index in [0.717, 1.165) is 15.8 Å². The van der Waals surface area contributed by atoms with Crippen LogP contribution in [0.15, 0.2) is 46.7 Å². The number of nitrogens with zero attached hydrogens (tertiary/aromatic N) is 1. The maximum Gasteiger partial charge on any atom is 0.264 e. The summed E-state index contributed by atoms with van der Waals surface area (Å²) in [6, 6.07) is 9.78. The lowest BCUT2D eigenvalue weighted by atomic mass is 10.0. The quantitative estimate of drug-likeness (QED) is 0.694. The minimum atomic E-state index is -3.80. The molecule has 8 heteroatoms. The molecule has 2 aromatic rings. The molecule has 142 valence electrons. The molecule has 1 heterocycles. The first-order valence-electron chi connectivity index (χ1n) is 8.23. The van der Waals surface area contributed by atoms with Crippen LogP contribution in [-0.2, 0) is 14.9 Å². The molecule has 0 bridgehead atoms. The van der Waals surface area contributed by atoms with Gasteiger partial charge in [0.15, 0.2) is 0 Å². The maximum atomic E-state index is 12.7. The molecule has 0 saturated heterocycles. The fourth-order valence-corrected chi connectivity index (χ4v) is 4.30. The fourth-order valence-electron chi connectivity index (χ4n) is 2.49. The van der Waals surface area contributed by atoms with Crippen molar-refractivity contribution < 1.29 is 18.0 Å². The van der Waals surface area contributed by atoms with Gasteiger partial charge in [0.25, 0.3) is 15.9 Å². The molecule has 1 aromatic carbocycles. The van der Waals surface area contributed by atoms with E-state index in [9.17, 15) is 13.2 Å². The molecule has 1 N–H and O–H groups in total. The molecule has 1 atom stereocenters. The number of amides is 1. The van der Waals surface area contributed by atoms with Crippen LogP contribution in [0.1, 0.15) is 41.5 Å². The normalized spacial score (nSPS) is 13.2. The third-order valence-corrected chi connectivity index (χ3v) is 6.55. The third-order valence-electron chi connectivity index (χ3n) is 3.89. The standard InChI is InChI=1S/C18H24N2O4S2/c1-13(2)11-16(17-9-6-10-25-17)19-18(21)14-7-5-8-15(12-14)26(22,23)20(3)24-4/h5-10,12-13,16H,11H2,1-4H3,(H,19,21). The second-order valence-corrected chi connectivity index (χ2v) is 9.21. The molecule has 26 heavy (non-hydrogen) atoms. The van der Waals surface area contributed by atoms with Gasteiger partial charge in [-0.3, -0.25) is 9.63 Å². The highest BCUT2D eigenvalue weighted by Crippen LogP contribution is 2.26. The highest BCUT2D eigenvalue weighted by atomic mass is 32.2. The molecule has 0 aliphatic rings. The molecule has 6 nitrogen and oxygen atoms in total. The smallest absolute Gasteiger partial charge is 0.264 e. The summed E-state index contributed by atoms with van der Waals surface area (Å²) < 4.78 is 25.5. The van der Waals surface area contributed by atoms with Crippen LogP contribution in [-0.4, -0.2) is 33.0 Å². The van der Waals surface area contributed by atoms with Crippen LogP contribution in [0.25, 0.3) is 0 Å². The molecule has 1 amide bonds. The molecular weight excluding hydrogens is 372 g/mol. The lowest BCUT2D eigenvalue weighted by molar-refractivity contribution is -0.0258. The number of carbonyl (C=O) groups is 1. The summed E-state index contributed by atoms with van der Waals surface area (Å²) in [5.74, 6) is 0.102. The van der Waals surface area contributed by atoms with Gasteiger partial charge in [-0.2, -0.15) is 0 Å². The summed E-state index contributed by atoms with van der Waals surface area (Å²) in [4.78, 5) is 18.6. The Morgan fingerprint density at radius 2 is 2.00 bits per heavy atom. The molecule has 1 aromatic heterocycles. The zero-order chi connectivity index (χ0) is 19.3. The summed E-state index contributed by atoms with van der Waals surface area (Å²) >= 11 is 1.59. The van der Waals surface area contributed by atoms with Crippen molar-refractivity contribution in [1.29, 1.82) is 0 Å². The van der Waals surface area contributed by atoms with E-state index in [2.05, 4.69) is 19.2 Å². The molecule has 0 radical (unpaired) electrons. The van der Waals surface area contributed by atoms with Crippen molar-refractivity contribution in [2.45, 2.75) is 31.2 Å². The lowest BCUT2D eigenvalue weighted by Gasteiger charge is -2.20. The second kappa shape index (κ2) is 8.77. The lowest BCUT2D eigenvalue weighted by Crippen LogP contribution is -2.30. The number of hydroxylamine groups is 1. The van der Waals surface area contributed by atoms with E-state index in [0.29, 0.717) is 11.5 Å².